The van der Waals surface area contributed by atoms with Gasteiger partial charge in [-0.25, -0.2) is 13.2 Å². The summed E-state index contributed by atoms with van der Waals surface area (Å²) in [5.74, 6) is -1.43. The first kappa shape index (κ1) is 15.3. The van der Waals surface area contributed by atoms with Gasteiger partial charge in [-0.3, -0.25) is 0 Å². The van der Waals surface area contributed by atoms with Crippen molar-refractivity contribution in [3.8, 4) is 0 Å². The minimum atomic E-state index is -3.73. The number of rotatable bonds is 4. The number of carboxylic acid groups (broad SMARTS) is 1. The topological polar surface area (TPSA) is 71.4 Å². The molecule has 0 aliphatic heterocycles. The van der Waals surface area contributed by atoms with E-state index in [1.165, 1.54) is 24.3 Å². The van der Waals surface area contributed by atoms with Gasteiger partial charge in [-0.05, 0) is 24.3 Å². The molecule has 4 nitrogen and oxygen atoms in total. The zero-order valence-corrected chi connectivity index (χ0v) is 13.0. The molecule has 1 heterocycles. The number of halogens is 2. The average molecular weight is 351 g/mol. The molecule has 0 radical (unpaired) electrons. The van der Waals surface area contributed by atoms with Crippen LogP contribution in [0.2, 0.25) is 10.0 Å². The molecule has 0 unspecified atom stereocenters. The summed E-state index contributed by atoms with van der Waals surface area (Å²) < 4.78 is 24.6. The van der Waals surface area contributed by atoms with Crippen LogP contribution in [0.25, 0.3) is 0 Å². The van der Waals surface area contributed by atoms with E-state index in [-0.39, 0.29) is 25.6 Å². The molecular formula is C12H8Cl2O4S2. The Hall–Kier alpha value is -1.08. The smallest absolute Gasteiger partial charge is 0.345 e. The highest BCUT2D eigenvalue weighted by atomic mass is 35.5. The van der Waals surface area contributed by atoms with Gasteiger partial charge < -0.3 is 5.11 Å². The van der Waals surface area contributed by atoms with Crippen LogP contribution < -0.4 is 0 Å². The predicted molar refractivity (Wildman–Crippen MR) is 78.6 cm³/mol. The zero-order valence-electron chi connectivity index (χ0n) is 9.84. The molecule has 0 saturated carbocycles. The number of carboxylic acids is 1. The molecule has 0 fully saturated rings. The standard InChI is InChI=1S/C12H8Cl2O4S2/c13-8-2-1-3-9(14)11(8)20(17,18)6-7-4-5-10(19-7)12(15)16/h1-5H,6H2,(H,15,16). The van der Waals surface area contributed by atoms with Gasteiger partial charge in [0.25, 0.3) is 0 Å². The van der Waals surface area contributed by atoms with Crippen LogP contribution in [0.5, 0.6) is 0 Å². The number of hydrogen-bond donors (Lipinski definition) is 1. The lowest BCUT2D eigenvalue weighted by Gasteiger charge is -2.07. The van der Waals surface area contributed by atoms with E-state index >= 15 is 0 Å². The summed E-state index contributed by atoms with van der Waals surface area (Å²) in [6.45, 7) is 0. The number of thiophene rings is 1. The Morgan fingerprint density at radius 1 is 1.15 bits per heavy atom. The molecule has 1 aromatic carbocycles. The molecule has 0 amide bonds. The molecule has 0 aliphatic carbocycles. The van der Waals surface area contributed by atoms with E-state index in [0.717, 1.165) is 11.3 Å². The van der Waals surface area contributed by atoms with E-state index in [4.69, 9.17) is 28.3 Å². The summed E-state index contributed by atoms with van der Waals surface area (Å²) in [5, 5.41) is 8.92. The Morgan fingerprint density at radius 2 is 1.75 bits per heavy atom. The molecule has 2 rings (SSSR count). The maximum absolute atomic E-state index is 12.3. The van der Waals surface area contributed by atoms with Crippen molar-refractivity contribution < 1.29 is 18.3 Å². The van der Waals surface area contributed by atoms with Gasteiger partial charge in [0, 0.05) is 4.88 Å². The SMILES string of the molecule is O=C(O)c1ccc(CS(=O)(=O)c2c(Cl)cccc2Cl)s1. The van der Waals surface area contributed by atoms with Crippen LogP contribution in [0.1, 0.15) is 14.5 Å². The van der Waals surface area contributed by atoms with Crippen molar-refractivity contribution in [2.24, 2.45) is 0 Å². The lowest BCUT2D eigenvalue weighted by molar-refractivity contribution is 0.0702. The first-order chi connectivity index (χ1) is 9.31. The fourth-order valence-corrected chi connectivity index (χ4v) is 5.40. The quantitative estimate of drug-likeness (QED) is 0.911. The molecule has 0 bridgehead atoms. The van der Waals surface area contributed by atoms with E-state index < -0.39 is 15.8 Å². The molecule has 0 saturated heterocycles. The largest absolute Gasteiger partial charge is 0.477 e. The Kier molecular flexibility index (Phi) is 4.39. The van der Waals surface area contributed by atoms with Crippen molar-refractivity contribution in [3.05, 3.63) is 50.1 Å². The third-order valence-corrected chi connectivity index (χ3v) is 6.30. The fraction of sp³-hybridized carbons (Fsp3) is 0.0833. The van der Waals surface area contributed by atoms with Crippen LogP contribution in [0.3, 0.4) is 0 Å². The third-order valence-electron chi connectivity index (χ3n) is 2.43. The second-order valence-corrected chi connectivity index (χ2v) is 7.79. The minimum Gasteiger partial charge on any atom is -0.477 e. The molecule has 1 aromatic heterocycles. The highest BCUT2D eigenvalue weighted by molar-refractivity contribution is 7.91. The highest BCUT2D eigenvalue weighted by Gasteiger charge is 2.23. The lowest BCUT2D eigenvalue weighted by Crippen LogP contribution is -2.05. The Morgan fingerprint density at radius 3 is 2.25 bits per heavy atom. The molecule has 2 aromatic rings. The summed E-state index contributed by atoms with van der Waals surface area (Å²) in [4.78, 5) is 11.1. The molecular weight excluding hydrogens is 343 g/mol. The van der Waals surface area contributed by atoms with Crippen molar-refractivity contribution in [2.75, 3.05) is 0 Å². The number of carbonyl (C=O) groups is 1. The normalized spacial score (nSPS) is 11.5. The van der Waals surface area contributed by atoms with Crippen LogP contribution in [-0.4, -0.2) is 19.5 Å². The van der Waals surface area contributed by atoms with E-state index in [0.29, 0.717) is 4.88 Å². The van der Waals surface area contributed by atoms with Gasteiger partial charge in [0.1, 0.15) is 9.77 Å². The molecule has 8 heteroatoms. The second-order valence-electron chi connectivity index (χ2n) is 3.88. The average Bonchev–Trinajstić information content (AvgIpc) is 2.76. The third kappa shape index (κ3) is 3.15. The maximum Gasteiger partial charge on any atom is 0.345 e. The van der Waals surface area contributed by atoms with Gasteiger partial charge in [-0.2, -0.15) is 0 Å². The summed E-state index contributed by atoms with van der Waals surface area (Å²) in [6, 6.07) is 7.27. The Bertz CT molecular complexity index is 745. The molecule has 0 spiro atoms. The van der Waals surface area contributed by atoms with E-state index in [1.807, 2.05) is 0 Å². The van der Waals surface area contributed by atoms with Crippen molar-refractivity contribution in [2.45, 2.75) is 10.6 Å². The van der Waals surface area contributed by atoms with Crippen molar-refractivity contribution in [3.63, 3.8) is 0 Å². The Balaban J connectivity index is 2.38. The molecule has 0 atom stereocenters. The molecule has 0 aliphatic rings. The number of sulfone groups is 1. The second kappa shape index (κ2) is 5.73. The summed E-state index contributed by atoms with van der Waals surface area (Å²) >= 11 is 12.7. The lowest BCUT2D eigenvalue weighted by atomic mass is 10.4. The number of aromatic carboxylic acids is 1. The maximum atomic E-state index is 12.3. The van der Waals surface area contributed by atoms with E-state index in [9.17, 15) is 13.2 Å². The summed E-state index contributed by atoms with van der Waals surface area (Å²) in [5.41, 5.74) is 0. The van der Waals surface area contributed by atoms with Gasteiger partial charge >= 0.3 is 5.97 Å². The van der Waals surface area contributed by atoms with Crippen LogP contribution in [0, 0.1) is 0 Å². The van der Waals surface area contributed by atoms with Crippen LogP contribution in [-0.2, 0) is 15.6 Å². The minimum absolute atomic E-state index is 0.0486. The zero-order chi connectivity index (χ0) is 14.9. The van der Waals surface area contributed by atoms with Gasteiger partial charge in [-0.15, -0.1) is 11.3 Å². The summed E-state index contributed by atoms with van der Waals surface area (Å²) in [7, 11) is -3.73. The van der Waals surface area contributed by atoms with E-state index in [1.54, 1.807) is 6.07 Å². The van der Waals surface area contributed by atoms with Gasteiger partial charge in [-0.1, -0.05) is 29.3 Å². The molecule has 106 valence electrons. The monoisotopic (exact) mass is 350 g/mol. The first-order valence-electron chi connectivity index (χ1n) is 5.30. The summed E-state index contributed by atoms with van der Waals surface area (Å²) in [6.07, 6.45) is 0. The van der Waals surface area contributed by atoms with Gasteiger partial charge in [0.15, 0.2) is 9.84 Å². The molecule has 1 N–H and O–H groups in total. The van der Waals surface area contributed by atoms with Gasteiger partial charge in [0.05, 0.1) is 15.8 Å². The molecule has 20 heavy (non-hydrogen) atoms. The van der Waals surface area contributed by atoms with E-state index in [2.05, 4.69) is 0 Å². The highest BCUT2D eigenvalue weighted by Crippen LogP contribution is 2.32. The van der Waals surface area contributed by atoms with Crippen molar-refractivity contribution in [1.29, 1.82) is 0 Å². The van der Waals surface area contributed by atoms with Crippen molar-refractivity contribution >= 4 is 50.3 Å². The fourth-order valence-electron chi connectivity index (χ4n) is 1.61. The number of benzene rings is 1. The van der Waals surface area contributed by atoms with Gasteiger partial charge in [0.2, 0.25) is 0 Å². The van der Waals surface area contributed by atoms with Crippen LogP contribution in [0.4, 0.5) is 0 Å². The van der Waals surface area contributed by atoms with Crippen LogP contribution >= 0.6 is 34.5 Å². The first-order valence-corrected chi connectivity index (χ1v) is 8.52. The number of hydrogen-bond acceptors (Lipinski definition) is 4. The van der Waals surface area contributed by atoms with Crippen LogP contribution in [0.15, 0.2) is 35.2 Å². The predicted octanol–water partition coefficient (Wildman–Crippen LogP) is 3.73. The Labute approximate surface area is 129 Å². The van der Waals surface area contributed by atoms with Crippen molar-refractivity contribution in [1.82, 2.24) is 0 Å².